The van der Waals surface area contributed by atoms with Crippen molar-refractivity contribution in [3.8, 4) is 5.75 Å². The van der Waals surface area contributed by atoms with Crippen molar-refractivity contribution in [2.24, 2.45) is 0 Å². The summed E-state index contributed by atoms with van der Waals surface area (Å²) in [5, 5.41) is 5.60. The molecule has 3 aromatic rings. The zero-order valence-electron chi connectivity index (χ0n) is 13.6. The number of benzene rings is 2. The second-order valence-corrected chi connectivity index (χ2v) is 6.69. The number of carbonyl (C=O) groups excluding carboxylic acids is 1. The molecule has 1 unspecified atom stereocenters. The Balaban J connectivity index is 1.57. The third-order valence-electron chi connectivity index (χ3n) is 3.70. The number of hydrogen-bond acceptors (Lipinski definition) is 4. The molecule has 0 aliphatic rings. The molecule has 1 amide bonds. The van der Waals surface area contributed by atoms with Gasteiger partial charge in [-0.25, -0.2) is 4.98 Å². The molecule has 2 aromatic carbocycles. The third-order valence-corrected chi connectivity index (χ3v) is 4.59. The molecule has 1 aromatic heterocycles. The molecule has 0 saturated carbocycles. The molecule has 0 radical (unpaired) electrons. The summed E-state index contributed by atoms with van der Waals surface area (Å²) in [6.07, 6.45) is 0. The summed E-state index contributed by atoms with van der Waals surface area (Å²) in [4.78, 5) is 16.5. The van der Waals surface area contributed by atoms with Crippen molar-refractivity contribution in [3.05, 3.63) is 81.3 Å². The molecule has 1 N–H and O–H groups in total. The minimum atomic E-state index is -0.131. The predicted molar refractivity (Wildman–Crippen MR) is 100 cm³/mol. The largest absolute Gasteiger partial charge is 0.487 e. The molecule has 0 aliphatic carbocycles. The van der Waals surface area contributed by atoms with Gasteiger partial charge in [0, 0.05) is 16.0 Å². The molecule has 128 valence electrons. The van der Waals surface area contributed by atoms with E-state index in [1.807, 2.05) is 36.6 Å². The van der Waals surface area contributed by atoms with Gasteiger partial charge < -0.3 is 10.1 Å². The zero-order valence-corrected chi connectivity index (χ0v) is 15.2. The summed E-state index contributed by atoms with van der Waals surface area (Å²) < 4.78 is 5.65. The second kappa shape index (κ2) is 8.14. The highest BCUT2D eigenvalue weighted by Gasteiger charge is 2.11. The topological polar surface area (TPSA) is 51.2 Å². The van der Waals surface area contributed by atoms with Gasteiger partial charge in [-0.3, -0.25) is 4.79 Å². The SMILES string of the molecule is CC(NC(=O)c1ccc(OCc2cscn2)cc1)c1ccc(Cl)cc1. The van der Waals surface area contributed by atoms with Gasteiger partial charge in [0.1, 0.15) is 12.4 Å². The molecule has 0 saturated heterocycles. The summed E-state index contributed by atoms with van der Waals surface area (Å²) in [6.45, 7) is 2.36. The summed E-state index contributed by atoms with van der Waals surface area (Å²) in [6, 6.07) is 14.4. The van der Waals surface area contributed by atoms with E-state index in [4.69, 9.17) is 16.3 Å². The zero-order chi connectivity index (χ0) is 17.6. The normalized spacial score (nSPS) is 11.8. The van der Waals surface area contributed by atoms with Crippen LogP contribution in [0.25, 0.3) is 0 Å². The van der Waals surface area contributed by atoms with Gasteiger partial charge in [0.05, 0.1) is 17.2 Å². The van der Waals surface area contributed by atoms with E-state index in [1.165, 1.54) is 11.3 Å². The summed E-state index contributed by atoms with van der Waals surface area (Å²) in [7, 11) is 0. The van der Waals surface area contributed by atoms with Crippen LogP contribution in [0.1, 0.15) is 34.6 Å². The lowest BCUT2D eigenvalue weighted by Gasteiger charge is -2.14. The second-order valence-electron chi connectivity index (χ2n) is 5.54. The fraction of sp³-hybridized carbons (Fsp3) is 0.158. The third kappa shape index (κ3) is 4.81. The molecule has 3 rings (SSSR count). The molecule has 0 spiro atoms. The van der Waals surface area contributed by atoms with Gasteiger partial charge >= 0.3 is 0 Å². The minimum absolute atomic E-state index is 0.106. The van der Waals surface area contributed by atoms with E-state index in [2.05, 4.69) is 10.3 Å². The van der Waals surface area contributed by atoms with Crippen LogP contribution in [0, 0.1) is 0 Å². The fourth-order valence-corrected chi connectivity index (χ4v) is 2.95. The van der Waals surface area contributed by atoms with Crippen molar-refractivity contribution in [2.45, 2.75) is 19.6 Å². The molecule has 0 bridgehead atoms. The van der Waals surface area contributed by atoms with Crippen LogP contribution >= 0.6 is 22.9 Å². The molecule has 0 aliphatic heterocycles. The summed E-state index contributed by atoms with van der Waals surface area (Å²) in [5.41, 5.74) is 4.25. The van der Waals surface area contributed by atoms with Crippen LogP contribution in [0.5, 0.6) is 5.75 Å². The van der Waals surface area contributed by atoms with Crippen LogP contribution in [0.2, 0.25) is 5.02 Å². The van der Waals surface area contributed by atoms with Gasteiger partial charge in [-0.15, -0.1) is 11.3 Å². The number of hydrogen-bond donors (Lipinski definition) is 1. The van der Waals surface area contributed by atoms with E-state index in [0.29, 0.717) is 22.9 Å². The number of ether oxygens (including phenoxy) is 1. The maximum absolute atomic E-state index is 12.4. The maximum atomic E-state index is 12.4. The van der Waals surface area contributed by atoms with Gasteiger partial charge in [0.2, 0.25) is 0 Å². The van der Waals surface area contributed by atoms with Crippen LogP contribution in [0.15, 0.2) is 59.4 Å². The standard InChI is InChI=1S/C19H17ClN2O2S/c1-13(14-2-6-16(20)7-3-14)22-19(23)15-4-8-18(9-5-15)24-10-17-11-25-12-21-17/h2-9,11-13H,10H2,1H3,(H,22,23). The van der Waals surface area contributed by atoms with Crippen molar-refractivity contribution < 1.29 is 9.53 Å². The van der Waals surface area contributed by atoms with E-state index in [0.717, 1.165) is 11.3 Å². The molecule has 6 heteroatoms. The Morgan fingerprint density at radius 3 is 2.56 bits per heavy atom. The van der Waals surface area contributed by atoms with E-state index in [1.54, 1.807) is 29.8 Å². The van der Waals surface area contributed by atoms with Gasteiger partial charge in [-0.2, -0.15) is 0 Å². The Labute approximate surface area is 155 Å². The quantitative estimate of drug-likeness (QED) is 0.671. The lowest BCUT2D eigenvalue weighted by atomic mass is 10.1. The van der Waals surface area contributed by atoms with Gasteiger partial charge in [0.25, 0.3) is 5.91 Å². The highest BCUT2D eigenvalue weighted by Crippen LogP contribution is 2.18. The van der Waals surface area contributed by atoms with E-state index in [-0.39, 0.29) is 11.9 Å². The van der Waals surface area contributed by atoms with Crippen LogP contribution in [0.4, 0.5) is 0 Å². The number of thiazole rings is 1. The first-order chi connectivity index (χ1) is 12.1. The van der Waals surface area contributed by atoms with E-state index >= 15 is 0 Å². The first kappa shape index (κ1) is 17.5. The van der Waals surface area contributed by atoms with Gasteiger partial charge in [-0.1, -0.05) is 23.7 Å². The average Bonchev–Trinajstić information content (AvgIpc) is 3.14. The van der Waals surface area contributed by atoms with Crippen LogP contribution < -0.4 is 10.1 Å². The molecule has 0 fully saturated rings. The van der Waals surface area contributed by atoms with Crippen molar-refractivity contribution in [3.63, 3.8) is 0 Å². The van der Waals surface area contributed by atoms with Crippen molar-refractivity contribution in [2.75, 3.05) is 0 Å². The van der Waals surface area contributed by atoms with Crippen LogP contribution in [-0.2, 0) is 6.61 Å². The van der Waals surface area contributed by atoms with Crippen molar-refractivity contribution in [1.82, 2.24) is 10.3 Å². The number of amides is 1. The Kier molecular flexibility index (Phi) is 5.68. The Morgan fingerprint density at radius 2 is 1.92 bits per heavy atom. The number of carbonyl (C=O) groups is 1. The molecule has 1 heterocycles. The summed E-state index contributed by atoms with van der Waals surface area (Å²) in [5.74, 6) is 0.573. The van der Waals surface area contributed by atoms with Gasteiger partial charge in [-0.05, 0) is 48.9 Å². The number of nitrogens with zero attached hydrogens (tertiary/aromatic N) is 1. The number of nitrogens with one attached hydrogen (secondary N) is 1. The summed E-state index contributed by atoms with van der Waals surface area (Å²) >= 11 is 7.42. The predicted octanol–water partition coefficient (Wildman–Crippen LogP) is 4.87. The highest BCUT2D eigenvalue weighted by molar-refractivity contribution is 7.07. The number of aromatic nitrogens is 1. The molecule has 4 nitrogen and oxygen atoms in total. The lowest BCUT2D eigenvalue weighted by molar-refractivity contribution is 0.0940. The van der Waals surface area contributed by atoms with Crippen molar-refractivity contribution in [1.29, 1.82) is 0 Å². The molecular formula is C19H17ClN2O2S. The van der Waals surface area contributed by atoms with Gasteiger partial charge in [0.15, 0.2) is 0 Å². The lowest BCUT2D eigenvalue weighted by Crippen LogP contribution is -2.26. The Bertz CT molecular complexity index is 818. The Morgan fingerprint density at radius 1 is 1.20 bits per heavy atom. The monoisotopic (exact) mass is 372 g/mol. The fourth-order valence-electron chi connectivity index (χ4n) is 2.28. The number of halogens is 1. The Hall–Kier alpha value is -2.37. The van der Waals surface area contributed by atoms with Crippen LogP contribution in [-0.4, -0.2) is 10.9 Å². The molecular weight excluding hydrogens is 356 g/mol. The van der Waals surface area contributed by atoms with E-state index in [9.17, 15) is 4.79 Å². The van der Waals surface area contributed by atoms with Crippen LogP contribution in [0.3, 0.4) is 0 Å². The molecule has 1 atom stereocenters. The number of rotatable bonds is 6. The first-order valence-electron chi connectivity index (χ1n) is 7.78. The van der Waals surface area contributed by atoms with Crippen molar-refractivity contribution >= 4 is 28.8 Å². The smallest absolute Gasteiger partial charge is 0.251 e. The highest BCUT2D eigenvalue weighted by atomic mass is 35.5. The minimum Gasteiger partial charge on any atom is -0.487 e. The molecule has 25 heavy (non-hydrogen) atoms. The average molecular weight is 373 g/mol. The maximum Gasteiger partial charge on any atom is 0.251 e. The van der Waals surface area contributed by atoms with E-state index < -0.39 is 0 Å². The first-order valence-corrected chi connectivity index (χ1v) is 9.10.